The van der Waals surface area contributed by atoms with E-state index in [0.717, 1.165) is 13.1 Å². The van der Waals surface area contributed by atoms with Crippen LogP contribution in [0.2, 0.25) is 0 Å². The van der Waals surface area contributed by atoms with Gasteiger partial charge in [-0.15, -0.1) is 0 Å². The third kappa shape index (κ3) is 2.59. The van der Waals surface area contributed by atoms with Gasteiger partial charge in [0.1, 0.15) is 5.82 Å². The Labute approximate surface area is 126 Å². The number of nitrogens with two attached hydrogens (primary N) is 1. The van der Waals surface area contributed by atoms with E-state index in [4.69, 9.17) is 5.73 Å². The maximum Gasteiger partial charge on any atom is 0.333 e. The first kappa shape index (κ1) is 14.6. The van der Waals surface area contributed by atoms with Crippen molar-refractivity contribution in [2.45, 2.75) is 19.5 Å². The number of aromatic nitrogens is 4. The van der Waals surface area contributed by atoms with E-state index in [9.17, 15) is 8.78 Å². The maximum atomic E-state index is 12.7. The average Bonchev–Trinajstić information content (AvgIpc) is 2.79. The maximum absolute atomic E-state index is 12.7. The first-order chi connectivity index (χ1) is 10.5. The molecule has 0 spiro atoms. The fraction of sp³-hybridized carbons (Fsp3) is 0.462. The standard InChI is InChI=1S/C13H17F2N7/c1-7-9(6-22(20-7)12(14)15)10-3-11(19-13(16)18-10)21-4-8(5-21)17-2/h3,6,8,12,17H,4-5H2,1-2H3,(H2,16,18,19). The lowest BCUT2D eigenvalue weighted by Crippen LogP contribution is -2.57. The van der Waals surface area contributed by atoms with Crippen LogP contribution in [0.25, 0.3) is 11.3 Å². The van der Waals surface area contributed by atoms with E-state index in [0.29, 0.717) is 33.5 Å². The third-order valence-electron chi connectivity index (χ3n) is 3.74. The summed E-state index contributed by atoms with van der Waals surface area (Å²) in [6.07, 6.45) is 1.28. The molecule has 118 valence electrons. The van der Waals surface area contributed by atoms with Gasteiger partial charge in [0.2, 0.25) is 5.95 Å². The molecule has 0 amide bonds. The van der Waals surface area contributed by atoms with E-state index >= 15 is 0 Å². The second kappa shape index (κ2) is 5.48. The molecule has 1 saturated heterocycles. The van der Waals surface area contributed by atoms with Crippen molar-refractivity contribution in [2.75, 3.05) is 30.8 Å². The van der Waals surface area contributed by atoms with E-state index in [-0.39, 0.29) is 5.95 Å². The zero-order chi connectivity index (χ0) is 15.9. The van der Waals surface area contributed by atoms with Crippen LogP contribution in [0.4, 0.5) is 20.5 Å². The average molecular weight is 309 g/mol. The van der Waals surface area contributed by atoms with E-state index in [1.165, 1.54) is 6.20 Å². The van der Waals surface area contributed by atoms with Crippen LogP contribution >= 0.6 is 0 Å². The molecule has 0 aliphatic carbocycles. The van der Waals surface area contributed by atoms with Gasteiger partial charge in [0, 0.05) is 37.0 Å². The summed E-state index contributed by atoms with van der Waals surface area (Å²) in [5.41, 5.74) is 7.26. The van der Waals surface area contributed by atoms with Crippen molar-refractivity contribution in [1.82, 2.24) is 25.1 Å². The molecule has 22 heavy (non-hydrogen) atoms. The van der Waals surface area contributed by atoms with Crippen LogP contribution in [0.1, 0.15) is 12.2 Å². The minimum Gasteiger partial charge on any atom is -0.368 e. The molecule has 2 aromatic heterocycles. The van der Waals surface area contributed by atoms with Crippen LogP contribution in [-0.4, -0.2) is 45.9 Å². The van der Waals surface area contributed by atoms with Crippen LogP contribution in [-0.2, 0) is 0 Å². The smallest absolute Gasteiger partial charge is 0.333 e. The van der Waals surface area contributed by atoms with Gasteiger partial charge in [-0.2, -0.15) is 18.9 Å². The fourth-order valence-electron chi connectivity index (χ4n) is 2.43. The predicted octanol–water partition coefficient (Wildman–Crippen LogP) is 1.03. The lowest BCUT2D eigenvalue weighted by Gasteiger charge is -2.40. The van der Waals surface area contributed by atoms with E-state index < -0.39 is 6.55 Å². The Kier molecular flexibility index (Phi) is 3.65. The molecule has 2 aromatic rings. The van der Waals surface area contributed by atoms with E-state index in [2.05, 4.69) is 25.3 Å². The lowest BCUT2D eigenvalue weighted by molar-refractivity contribution is 0.0563. The number of aryl methyl sites for hydroxylation is 1. The first-order valence-corrected chi connectivity index (χ1v) is 6.89. The molecule has 1 aliphatic heterocycles. The lowest BCUT2D eigenvalue weighted by atomic mass is 10.1. The number of likely N-dealkylation sites (N-methyl/N-ethyl adjacent to an activating group) is 1. The van der Waals surface area contributed by atoms with Crippen LogP contribution < -0.4 is 16.0 Å². The van der Waals surface area contributed by atoms with E-state index in [1.54, 1.807) is 13.0 Å². The summed E-state index contributed by atoms with van der Waals surface area (Å²) in [7, 11) is 1.91. The van der Waals surface area contributed by atoms with Gasteiger partial charge in [-0.1, -0.05) is 0 Å². The Morgan fingerprint density at radius 1 is 1.36 bits per heavy atom. The summed E-state index contributed by atoms with van der Waals surface area (Å²) in [6.45, 7) is 0.619. The van der Waals surface area contributed by atoms with Gasteiger partial charge in [0.15, 0.2) is 0 Å². The number of hydrogen-bond acceptors (Lipinski definition) is 6. The molecule has 0 bridgehead atoms. The van der Waals surface area contributed by atoms with Crippen molar-refractivity contribution < 1.29 is 8.78 Å². The Morgan fingerprint density at radius 3 is 2.68 bits per heavy atom. The molecular formula is C13H17F2N7. The topological polar surface area (TPSA) is 84.9 Å². The van der Waals surface area contributed by atoms with Crippen LogP contribution in [0.5, 0.6) is 0 Å². The highest BCUT2D eigenvalue weighted by Crippen LogP contribution is 2.28. The highest BCUT2D eigenvalue weighted by molar-refractivity contribution is 5.66. The zero-order valence-corrected chi connectivity index (χ0v) is 12.3. The van der Waals surface area contributed by atoms with Crippen LogP contribution in [0.15, 0.2) is 12.3 Å². The van der Waals surface area contributed by atoms with Gasteiger partial charge in [-0.3, -0.25) is 0 Å². The second-order valence-electron chi connectivity index (χ2n) is 5.25. The molecule has 3 N–H and O–H groups in total. The molecule has 9 heteroatoms. The Bertz CT molecular complexity index is 679. The number of halogens is 2. The predicted molar refractivity (Wildman–Crippen MR) is 78.7 cm³/mol. The SMILES string of the molecule is CNC1CN(c2cc(-c3cn(C(F)F)nc3C)nc(N)n2)C1. The van der Waals surface area contributed by atoms with Crippen molar-refractivity contribution in [1.29, 1.82) is 0 Å². The van der Waals surface area contributed by atoms with Crippen LogP contribution in [0, 0.1) is 6.92 Å². The number of alkyl halides is 2. The Hall–Kier alpha value is -2.29. The highest BCUT2D eigenvalue weighted by Gasteiger charge is 2.27. The minimum atomic E-state index is -2.68. The van der Waals surface area contributed by atoms with Gasteiger partial charge in [0.25, 0.3) is 0 Å². The normalized spacial score (nSPS) is 15.4. The largest absolute Gasteiger partial charge is 0.368 e. The fourth-order valence-corrected chi connectivity index (χ4v) is 2.43. The molecule has 0 radical (unpaired) electrons. The number of nitrogen functional groups attached to an aromatic ring is 1. The molecule has 1 fully saturated rings. The van der Waals surface area contributed by atoms with Crippen molar-refractivity contribution in [3.63, 3.8) is 0 Å². The zero-order valence-electron chi connectivity index (χ0n) is 12.3. The number of rotatable bonds is 4. The van der Waals surface area contributed by atoms with Gasteiger partial charge >= 0.3 is 6.55 Å². The molecule has 0 aromatic carbocycles. The third-order valence-corrected chi connectivity index (χ3v) is 3.74. The number of nitrogens with zero attached hydrogens (tertiary/aromatic N) is 5. The summed E-state index contributed by atoms with van der Waals surface area (Å²) in [5, 5.41) is 6.97. The molecule has 3 heterocycles. The van der Waals surface area contributed by atoms with Gasteiger partial charge < -0.3 is 16.0 Å². The molecule has 0 atom stereocenters. The van der Waals surface area contributed by atoms with Crippen molar-refractivity contribution >= 4 is 11.8 Å². The van der Waals surface area contributed by atoms with Crippen LogP contribution in [0.3, 0.4) is 0 Å². The van der Waals surface area contributed by atoms with Gasteiger partial charge in [-0.25, -0.2) is 9.67 Å². The van der Waals surface area contributed by atoms with E-state index in [1.807, 2.05) is 7.05 Å². The summed E-state index contributed by atoms with van der Waals surface area (Å²) in [5.74, 6) is 0.808. The second-order valence-corrected chi connectivity index (χ2v) is 5.25. The van der Waals surface area contributed by atoms with Crippen molar-refractivity contribution in [3.8, 4) is 11.3 Å². The molecule has 3 rings (SSSR count). The van der Waals surface area contributed by atoms with Gasteiger partial charge in [-0.05, 0) is 14.0 Å². The Balaban J connectivity index is 1.93. The first-order valence-electron chi connectivity index (χ1n) is 6.89. The number of hydrogen-bond donors (Lipinski definition) is 2. The molecule has 0 unspecified atom stereocenters. The van der Waals surface area contributed by atoms with Gasteiger partial charge in [0.05, 0.1) is 11.4 Å². The summed E-state index contributed by atoms with van der Waals surface area (Å²) in [4.78, 5) is 10.4. The quantitative estimate of drug-likeness (QED) is 0.877. The molecule has 1 aliphatic rings. The summed E-state index contributed by atoms with van der Waals surface area (Å²) >= 11 is 0. The monoisotopic (exact) mass is 309 g/mol. The molecule has 7 nitrogen and oxygen atoms in total. The molecule has 0 saturated carbocycles. The highest BCUT2D eigenvalue weighted by atomic mass is 19.3. The summed E-state index contributed by atoms with van der Waals surface area (Å²) in [6, 6.07) is 2.17. The Morgan fingerprint density at radius 2 is 2.09 bits per heavy atom. The minimum absolute atomic E-state index is 0.115. The van der Waals surface area contributed by atoms with Crippen molar-refractivity contribution in [2.24, 2.45) is 0 Å². The number of nitrogens with one attached hydrogen (secondary N) is 1. The number of anilines is 2. The molecular weight excluding hydrogens is 292 g/mol. The summed E-state index contributed by atoms with van der Waals surface area (Å²) < 4.78 is 26.1. The van der Waals surface area contributed by atoms with Crippen molar-refractivity contribution in [3.05, 3.63) is 18.0 Å².